The minimum Gasteiger partial charge on any atom is -0.405 e. The van der Waals surface area contributed by atoms with E-state index in [-0.39, 0.29) is 22.7 Å². The van der Waals surface area contributed by atoms with E-state index in [0.717, 1.165) is 12.8 Å². The number of carbonyl (C=O) groups is 1. The molecule has 24 heavy (non-hydrogen) atoms. The van der Waals surface area contributed by atoms with Crippen molar-refractivity contribution < 1.29 is 32.0 Å². The number of benzene rings is 1. The summed E-state index contributed by atoms with van der Waals surface area (Å²) < 4.78 is 50.6. The summed E-state index contributed by atoms with van der Waals surface area (Å²) >= 11 is 0. The molecule has 1 saturated carbocycles. The standard InChI is InChI=1S/C14H10F3NO3.C2H6O/c15-14(16,17)20-11-4-2-1-3-9(11)12-10(7-19)13(21-18-12)8-5-6-8;1-3-2/h1-4,7-8H,5-6H2;1-2H3. The average molecular weight is 343 g/mol. The molecule has 0 aliphatic heterocycles. The first-order valence-electron chi connectivity index (χ1n) is 7.11. The van der Waals surface area contributed by atoms with Crippen LogP contribution in [0.25, 0.3) is 11.3 Å². The largest absolute Gasteiger partial charge is 0.573 e. The molecule has 1 aromatic carbocycles. The van der Waals surface area contributed by atoms with Crippen molar-refractivity contribution in [2.75, 3.05) is 14.2 Å². The highest BCUT2D eigenvalue weighted by Gasteiger charge is 2.35. The highest BCUT2D eigenvalue weighted by molar-refractivity contribution is 5.88. The smallest absolute Gasteiger partial charge is 0.405 e. The van der Waals surface area contributed by atoms with Gasteiger partial charge in [-0.25, -0.2) is 0 Å². The molecule has 1 aliphatic carbocycles. The number of halogens is 3. The SMILES string of the molecule is COC.O=Cc1c(-c2ccccc2OC(F)(F)F)noc1C1CC1. The minimum atomic E-state index is -4.82. The predicted octanol–water partition coefficient (Wildman–Crippen LogP) is 4.19. The Balaban J connectivity index is 0.000000647. The van der Waals surface area contributed by atoms with Crippen LogP contribution in [0.4, 0.5) is 13.2 Å². The third-order valence-electron chi connectivity index (χ3n) is 3.19. The van der Waals surface area contributed by atoms with Crippen molar-refractivity contribution in [2.24, 2.45) is 0 Å². The van der Waals surface area contributed by atoms with Crippen molar-refractivity contribution in [1.29, 1.82) is 0 Å². The molecule has 0 bridgehead atoms. The molecule has 3 rings (SSSR count). The molecule has 0 N–H and O–H groups in total. The van der Waals surface area contributed by atoms with E-state index in [9.17, 15) is 18.0 Å². The number of aromatic nitrogens is 1. The van der Waals surface area contributed by atoms with E-state index in [1.165, 1.54) is 18.2 Å². The summed E-state index contributed by atoms with van der Waals surface area (Å²) in [6.45, 7) is 0. The van der Waals surface area contributed by atoms with Crippen LogP contribution in [0, 0.1) is 0 Å². The first kappa shape index (κ1) is 18.0. The predicted molar refractivity (Wildman–Crippen MR) is 78.9 cm³/mol. The van der Waals surface area contributed by atoms with Crippen LogP contribution in [0.1, 0.15) is 34.9 Å². The molecule has 2 aromatic rings. The quantitative estimate of drug-likeness (QED) is 0.779. The maximum atomic E-state index is 12.4. The number of hydrogen-bond donors (Lipinski definition) is 0. The average Bonchev–Trinajstić information content (AvgIpc) is 3.26. The zero-order chi connectivity index (χ0) is 17.7. The Bertz CT molecular complexity index is 693. The summed E-state index contributed by atoms with van der Waals surface area (Å²) in [6, 6.07) is 5.52. The Kier molecular flexibility index (Phi) is 5.61. The molecule has 8 heteroatoms. The van der Waals surface area contributed by atoms with Crippen LogP contribution in [0.15, 0.2) is 28.8 Å². The molecule has 130 valence electrons. The highest BCUT2D eigenvalue weighted by atomic mass is 19.4. The summed E-state index contributed by atoms with van der Waals surface area (Å²) in [6.07, 6.45) is -2.49. The van der Waals surface area contributed by atoms with Gasteiger partial charge >= 0.3 is 6.36 Å². The lowest BCUT2D eigenvalue weighted by Crippen LogP contribution is -2.17. The van der Waals surface area contributed by atoms with Gasteiger partial charge in [0.15, 0.2) is 12.0 Å². The monoisotopic (exact) mass is 343 g/mol. The van der Waals surface area contributed by atoms with Gasteiger partial charge in [0.1, 0.15) is 11.4 Å². The van der Waals surface area contributed by atoms with Crippen molar-refractivity contribution in [3.63, 3.8) is 0 Å². The van der Waals surface area contributed by atoms with Gasteiger partial charge < -0.3 is 14.0 Å². The molecule has 1 aromatic heterocycles. The second kappa shape index (κ2) is 7.48. The lowest BCUT2D eigenvalue weighted by Gasteiger charge is -2.11. The number of nitrogens with zero attached hydrogens (tertiary/aromatic N) is 1. The fraction of sp³-hybridized carbons (Fsp3) is 0.375. The van der Waals surface area contributed by atoms with E-state index in [4.69, 9.17) is 4.52 Å². The van der Waals surface area contributed by atoms with Crippen LogP contribution in [0.5, 0.6) is 5.75 Å². The first-order chi connectivity index (χ1) is 11.4. The van der Waals surface area contributed by atoms with E-state index in [2.05, 4.69) is 14.6 Å². The van der Waals surface area contributed by atoms with Gasteiger partial charge in [-0.3, -0.25) is 4.79 Å². The Morgan fingerprint density at radius 1 is 1.25 bits per heavy atom. The number of ether oxygens (including phenoxy) is 2. The number of methoxy groups -OCH3 is 1. The van der Waals surface area contributed by atoms with Crippen LogP contribution in [-0.2, 0) is 4.74 Å². The molecule has 0 spiro atoms. The van der Waals surface area contributed by atoms with Crippen molar-refractivity contribution in [2.45, 2.75) is 25.1 Å². The Morgan fingerprint density at radius 3 is 2.42 bits per heavy atom. The maximum absolute atomic E-state index is 12.4. The number of rotatable bonds is 4. The fourth-order valence-electron chi connectivity index (χ4n) is 2.13. The highest BCUT2D eigenvalue weighted by Crippen LogP contribution is 2.44. The topological polar surface area (TPSA) is 61.6 Å². The van der Waals surface area contributed by atoms with Gasteiger partial charge in [0.05, 0.1) is 5.56 Å². The molecule has 1 aliphatic rings. The summed E-state index contributed by atoms with van der Waals surface area (Å²) in [5, 5.41) is 3.76. The molecule has 1 heterocycles. The number of carbonyl (C=O) groups excluding carboxylic acids is 1. The van der Waals surface area contributed by atoms with Gasteiger partial charge in [0.25, 0.3) is 0 Å². The summed E-state index contributed by atoms with van der Waals surface area (Å²) in [5.41, 5.74) is 0.343. The van der Waals surface area contributed by atoms with Crippen molar-refractivity contribution in [3.8, 4) is 17.0 Å². The molecule has 1 fully saturated rings. The van der Waals surface area contributed by atoms with Crippen molar-refractivity contribution >= 4 is 6.29 Å². The summed E-state index contributed by atoms with van der Waals surface area (Å²) in [5.74, 6) is 0.146. The van der Waals surface area contributed by atoms with Gasteiger partial charge in [-0.2, -0.15) is 0 Å². The Labute approximate surface area is 136 Å². The van der Waals surface area contributed by atoms with E-state index in [1.807, 2.05) is 0 Å². The maximum Gasteiger partial charge on any atom is 0.573 e. The Hall–Kier alpha value is -2.35. The van der Waals surface area contributed by atoms with Crippen LogP contribution < -0.4 is 4.74 Å². The van der Waals surface area contributed by atoms with E-state index in [1.54, 1.807) is 20.3 Å². The summed E-state index contributed by atoms with van der Waals surface area (Å²) in [7, 11) is 3.25. The zero-order valence-corrected chi connectivity index (χ0v) is 13.1. The number of hydrogen-bond acceptors (Lipinski definition) is 5. The van der Waals surface area contributed by atoms with Crippen LogP contribution in [0.2, 0.25) is 0 Å². The third-order valence-corrected chi connectivity index (χ3v) is 3.19. The van der Waals surface area contributed by atoms with Crippen LogP contribution in [-0.4, -0.2) is 32.0 Å². The first-order valence-corrected chi connectivity index (χ1v) is 7.11. The molecule has 5 nitrogen and oxygen atoms in total. The lowest BCUT2D eigenvalue weighted by molar-refractivity contribution is -0.274. The van der Waals surface area contributed by atoms with E-state index < -0.39 is 12.1 Å². The van der Waals surface area contributed by atoms with Gasteiger partial charge in [-0.1, -0.05) is 17.3 Å². The molecule has 0 radical (unpaired) electrons. The van der Waals surface area contributed by atoms with Crippen molar-refractivity contribution in [3.05, 3.63) is 35.6 Å². The van der Waals surface area contributed by atoms with Gasteiger partial charge in [0.2, 0.25) is 0 Å². The molecular formula is C16H16F3NO4. The Morgan fingerprint density at radius 2 is 1.88 bits per heavy atom. The summed E-state index contributed by atoms with van der Waals surface area (Å²) in [4.78, 5) is 11.2. The number of alkyl halides is 3. The van der Waals surface area contributed by atoms with Crippen LogP contribution >= 0.6 is 0 Å². The number of para-hydroxylation sites is 1. The van der Waals surface area contributed by atoms with Crippen LogP contribution in [0.3, 0.4) is 0 Å². The minimum absolute atomic E-state index is 0.0757. The molecule has 0 amide bonds. The number of aldehydes is 1. The van der Waals surface area contributed by atoms with E-state index in [0.29, 0.717) is 12.0 Å². The second-order valence-corrected chi connectivity index (χ2v) is 5.15. The van der Waals surface area contributed by atoms with E-state index >= 15 is 0 Å². The molecule has 0 unspecified atom stereocenters. The normalized spacial score (nSPS) is 13.9. The molecule has 0 saturated heterocycles. The fourth-order valence-corrected chi connectivity index (χ4v) is 2.13. The molecular weight excluding hydrogens is 327 g/mol. The van der Waals surface area contributed by atoms with Gasteiger partial charge in [0, 0.05) is 25.7 Å². The lowest BCUT2D eigenvalue weighted by atomic mass is 10.0. The third kappa shape index (κ3) is 4.35. The van der Waals surface area contributed by atoms with Gasteiger partial charge in [-0.15, -0.1) is 13.2 Å². The zero-order valence-electron chi connectivity index (χ0n) is 13.1. The second-order valence-electron chi connectivity index (χ2n) is 5.15. The molecule has 0 atom stereocenters. The van der Waals surface area contributed by atoms with Crippen molar-refractivity contribution in [1.82, 2.24) is 5.16 Å². The van der Waals surface area contributed by atoms with Gasteiger partial charge in [-0.05, 0) is 25.0 Å².